The van der Waals surface area contributed by atoms with E-state index in [2.05, 4.69) is 49.1 Å². The molecule has 0 aromatic heterocycles. The van der Waals surface area contributed by atoms with Crippen LogP contribution in [0.2, 0.25) is 0 Å². The van der Waals surface area contributed by atoms with Crippen LogP contribution < -0.4 is 14.9 Å². The maximum atomic E-state index is 12.6. The van der Waals surface area contributed by atoms with Crippen LogP contribution in [0.3, 0.4) is 0 Å². The van der Waals surface area contributed by atoms with Gasteiger partial charge in [-0.05, 0) is 61.5 Å². The SMILES string of the molecule is CN(C)CCOCCOCCOCCOCCOCC(=O)Nc1ccc(N(S)C(=O)NC(=O)c2ccc(C(C)(C)C)cc2)cc1. The molecule has 0 atom stereocenters. The summed E-state index contributed by atoms with van der Waals surface area (Å²) >= 11 is 4.21. The van der Waals surface area contributed by atoms with Crippen LogP contribution in [0.25, 0.3) is 0 Å². The molecule has 13 heteroatoms. The van der Waals surface area contributed by atoms with Crippen molar-refractivity contribution in [3.05, 3.63) is 59.7 Å². The van der Waals surface area contributed by atoms with Gasteiger partial charge in [0.25, 0.3) is 5.91 Å². The average Bonchev–Trinajstić information content (AvgIpc) is 3.00. The van der Waals surface area contributed by atoms with E-state index < -0.39 is 11.9 Å². The molecule has 0 radical (unpaired) electrons. The molecule has 12 nitrogen and oxygen atoms in total. The molecular weight excluding hydrogens is 600 g/mol. The number of amides is 4. The van der Waals surface area contributed by atoms with Crippen molar-refractivity contribution >= 4 is 42.0 Å². The number of imide groups is 1. The molecule has 0 unspecified atom stereocenters. The summed E-state index contributed by atoms with van der Waals surface area (Å²) < 4.78 is 28.1. The number of rotatable bonds is 20. The van der Waals surface area contributed by atoms with Gasteiger partial charge in [-0.25, -0.2) is 9.10 Å². The molecule has 0 fully saturated rings. The van der Waals surface area contributed by atoms with E-state index in [1.54, 1.807) is 36.4 Å². The smallest absolute Gasteiger partial charge is 0.338 e. The van der Waals surface area contributed by atoms with Crippen molar-refractivity contribution in [1.82, 2.24) is 10.2 Å². The second-order valence-corrected chi connectivity index (χ2v) is 11.7. The van der Waals surface area contributed by atoms with Crippen LogP contribution in [-0.2, 0) is 33.9 Å². The molecule has 0 aliphatic heterocycles. The number of carbonyl (C=O) groups is 3. The highest BCUT2D eigenvalue weighted by Gasteiger charge is 2.18. The summed E-state index contributed by atoms with van der Waals surface area (Å²) in [5.41, 5.74) is 2.32. The summed E-state index contributed by atoms with van der Waals surface area (Å²) in [6, 6.07) is 12.8. The van der Waals surface area contributed by atoms with Gasteiger partial charge < -0.3 is 33.9 Å². The van der Waals surface area contributed by atoms with E-state index in [0.717, 1.165) is 16.4 Å². The predicted octanol–water partition coefficient (Wildman–Crippen LogP) is 3.77. The molecule has 4 amide bonds. The number of benzene rings is 2. The fraction of sp³-hybridized carbons (Fsp3) is 0.531. The van der Waals surface area contributed by atoms with E-state index in [9.17, 15) is 14.4 Å². The lowest BCUT2D eigenvalue weighted by atomic mass is 9.87. The first-order chi connectivity index (χ1) is 21.5. The topological polar surface area (TPSA) is 128 Å². The fourth-order valence-electron chi connectivity index (χ4n) is 3.64. The van der Waals surface area contributed by atoms with Gasteiger partial charge in [0, 0.05) is 17.8 Å². The number of urea groups is 1. The van der Waals surface area contributed by atoms with Crippen LogP contribution in [-0.4, -0.2) is 109 Å². The third-order valence-electron chi connectivity index (χ3n) is 6.23. The Kier molecular flexibility index (Phi) is 17.7. The van der Waals surface area contributed by atoms with Crippen molar-refractivity contribution in [2.24, 2.45) is 0 Å². The summed E-state index contributed by atoms with van der Waals surface area (Å²) in [6.45, 7) is 11.2. The minimum absolute atomic E-state index is 0.0461. The number of likely N-dealkylation sites (N-methyl/N-ethyl adjacent to an activating group) is 1. The van der Waals surface area contributed by atoms with Gasteiger partial charge in [-0.2, -0.15) is 0 Å². The summed E-state index contributed by atoms with van der Waals surface area (Å²) in [7, 11) is 4.00. The minimum Gasteiger partial charge on any atom is -0.378 e. The highest BCUT2D eigenvalue weighted by atomic mass is 32.1. The van der Waals surface area contributed by atoms with Crippen LogP contribution in [0, 0.1) is 0 Å². The summed E-state index contributed by atoms with van der Waals surface area (Å²) in [5, 5.41) is 5.04. The number of thiol groups is 1. The minimum atomic E-state index is -0.705. The molecule has 0 heterocycles. The number of hydrogen-bond donors (Lipinski definition) is 3. The monoisotopic (exact) mass is 648 g/mol. The lowest BCUT2D eigenvalue weighted by Crippen LogP contribution is -2.38. The van der Waals surface area contributed by atoms with Crippen LogP contribution in [0.1, 0.15) is 36.7 Å². The Morgan fingerprint density at radius 3 is 1.69 bits per heavy atom. The van der Waals surface area contributed by atoms with E-state index in [1.165, 1.54) is 0 Å². The highest BCUT2D eigenvalue weighted by molar-refractivity contribution is 7.82. The predicted molar refractivity (Wildman–Crippen MR) is 177 cm³/mol. The van der Waals surface area contributed by atoms with Crippen molar-refractivity contribution in [1.29, 1.82) is 0 Å². The molecule has 2 N–H and O–H groups in total. The van der Waals surface area contributed by atoms with Gasteiger partial charge in [0.05, 0.1) is 65.1 Å². The van der Waals surface area contributed by atoms with Crippen LogP contribution >= 0.6 is 12.8 Å². The van der Waals surface area contributed by atoms with Gasteiger partial charge in [-0.3, -0.25) is 14.9 Å². The first-order valence-electron chi connectivity index (χ1n) is 14.9. The molecule has 0 bridgehead atoms. The van der Waals surface area contributed by atoms with E-state index in [-0.39, 0.29) is 24.5 Å². The van der Waals surface area contributed by atoms with E-state index in [1.807, 2.05) is 26.2 Å². The Hall–Kier alpha value is -3.04. The molecule has 0 aliphatic carbocycles. The van der Waals surface area contributed by atoms with Gasteiger partial charge in [0.1, 0.15) is 6.61 Å². The molecule has 0 spiro atoms. The second-order valence-electron chi connectivity index (χ2n) is 11.3. The molecule has 2 aromatic rings. The summed E-state index contributed by atoms with van der Waals surface area (Å²) in [5.74, 6) is -0.867. The van der Waals surface area contributed by atoms with E-state index >= 15 is 0 Å². The number of nitrogens with one attached hydrogen (secondary N) is 2. The first kappa shape index (κ1) is 38.1. The normalized spacial score (nSPS) is 11.4. The number of nitrogens with zero attached hydrogens (tertiary/aromatic N) is 2. The summed E-state index contributed by atoms with van der Waals surface area (Å²) in [6.07, 6.45) is 0. The lowest BCUT2D eigenvalue weighted by molar-refractivity contribution is -0.121. The van der Waals surface area contributed by atoms with Crippen molar-refractivity contribution < 1.29 is 38.1 Å². The van der Waals surface area contributed by atoms with Crippen molar-refractivity contribution in [3.63, 3.8) is 0 Å². The standard InChI is InChI=1S/C32H48N4O8S/c1-32(2,3)26-8-6-25(7-9-26)30(38)34-31(39)36(45)28-12-10-27(11-13-28)33-29(37)24-44-23-22-43-21-20-42-19-18-41-17-16-40-15-14-35(4)5/h6-13,45H,14-24H2,1-5H3,(H,33,37)(H,34,38,39). The van der Waals surface area contributed by atoms with Gasteiger partial charge in [0.2, 0.25) is 5.91 Å². The number of hydrogen-bond acceptors (Lipinski definition) is 10. The quantitative estimate of drug-likeness (QED) is 0.145. The number of carbonyl (C=O) groups excluding carboxylic acids is 3. The maximum Gasteiger partial charge on any atom is 0.338 e. The molecule has 0 saturated carbocycles. The maximum absolute atomic E-state index is 12.6. The molecule has 45 heavy (non-hydrogen) atoms. The Morgan fingerprint density at radius 2 is 1.20 bits per heavy atom. The van der Waals surface area contributed by atoms with Crippen LogP contribution in [0.15, 0.2) is 48.5 Å². The number of ether oxygens (including phenoxy) is 5. The molecular formula is C32H48N4O8S. The molecule has 0 aliphatic rings. The van der Waals surface area contributed by atoms with Gasteiger partial charge in [0.15, 0.2) is 0 Å². The van der Waals surface area contributed by atoms with Crippen molar-refractivity contribution in [2.45, 2.75) is 26.2 Å². The Labute approximate surface area is 272 Å². The fourth-order valence-corrected chi connectivity index (χ4v) is 3.82. The highest BCUT2D eigenvalue weighted by Crippen LogP contribution is 2.23. The zero-order valence-corrected chi connectivity index (χ0v) is 27.9. The zero-order valence-electron chi connectivity index (χ0n) is 27.0. The second kappa shape index (κ2) is 20.9. The Bertz CT molecular complexity index is 1160. The van der Waals surface area contributed by atoms with E-state index in [4.69, 9.17) is 23.7 Å². The Balaban J connectivity index is 1.54. The molecule has 0 saturated heterocycles. The van der Waals surface area contributed by atoms with Crippen molar-refractivity contribution in [2.75, 3.05) is 96.3 Å². The Morgan fingerprint density at radius 1 is 0.711 bits per heavy atom. The lowest BCUT2D eigenvalue weighted by Gasteiger charge is -2.19. The number of anilines is 2. The van der Waals surface area contributed by atoms with Crippen LogP contribution in [0.4, 0.5) is 16.2 Å². The van der Waals surface area contributed by atoms with Crippen molar-refractivity contribution in [3.8, 4) is 0 Å². The average molecular weight is 649 g/mol. The zero-order chi connectivity index (χ0) is 33.1. The third kappa shape index (κ3) is 16.2. The van der Waals surface area contributed by atoms with E-state index in [0.29, 0.717) is 69.8 Å². The third-order valence-corrected chi connectivity index (χ3v) is 6.64. The summed E-state index contributed by atoms with van der Waals surface area (Å²) in [4.78, 5) is 39.3. The molecule has 2 rings (SSSR count). The molecule has 2 aromatic carbocycles. The first-order valence-corrected chi connectivity index (χ1v) is 15.3. The van der Waals surface area contributed by atoms with Gasteiger partial charge >= 0.3 is 6.03 Å². The largest absolute Gasteiger partial charge is 0.378 e. The van der Waals surface area contributed by atoms with Gasteiger partial charge in [-0.15, -0.1) is 0 Å². The van der Waals surface area contributed by atoms with Crippen LogP contribution in [0.5, 0.6) is 0 Å². The molecule has 250 valence electrons. The van der Waals surface area contributed by atoms with Gasteiger partial charge in [-0.1, -0.05) is 45.7 Å².